The molecule has 0 aromatic carbocycles. The van der Waals surface area contributed by atoms with E-state index < -0.39 is 12.3 Å². The Bertz CT molecular complexity index is 762. The van der Waals surface area contributed by atoms with Crippen molar-refractivity contribution < 1.29 is 9.50 Å². The Morgan fingerprint density at radius 3 is 2.96 bits per heavy atom. The smallest absolute Gasteiger partial charge is 0.251 e. The van der Waals surface area contributed by atoms with E-state index in [1.165, 1.54) is 6.07 Å². The molecule has 6 nitrogen and oxygen atoms in total. The minimum Gasteiger partial charge on any atom is -0.393 e. The molecule has 0 spiro atoms. The number of aromatic nitrogens is 3. The van der Waals surface area contributed by atoms with Crippen LogP contribution in [0.3, 0.4) is 0 Å². The van der Waals surface area contributed by atoms with E-state index in [2.05, 4.69) is 15.0 Å². The maximum atomic E-state index is 14.3. The lowest BCUT2D eigenvalue weighted by molar-refractivity contribution is 0.0566. The van der Waals surface area contributed by atoms with Crippen LogP contribution in [0.2, 0.25) is 0 Å². The van der Waals surface area contributed by atoms with Crippen LogP contribution in [0, 0.1) is 0 Å². The second kappa shape index (κ2) is 6.68. The number of rotatable bonds is 4. The third-order valence-corrected chi connectivity index (χ3v) is 4.31. The van der Waals surface area contributed by atoms with Gasteiger partial charge < -0.3 is 15.0 Å². The van der Waals surface area contributed by atoms with Gasteiger partial charge in [-0.15, -0.1) is 0 Å². The molecule has 7 heteroatoms. The summed E-state index contributed by atoms with van der Waals surface area (Å²) in [6, 6.07) is 5.08. The monoisotopic (exact) mass is 332 g/mol. The Morgan fingerprint density at radius 1 is 1.46 bits per heavy atom. The molecule has 2 aromatic heterocycles. The number of piperidine rings is 1. The summed E-state index contributed by atoms with van der Waals surface area (Å²) in [7, 11) is 0. The first-order valence-corrected chi connectivity index (χ1v) is 8.14. The summed E-state index contributed by atoms with van der Waals surface area (Å²) in [6.07, 6.45) is 3.34. The van der Waals surface area contributed by atoms with E-state index in [1.54, 1.807) is 12.3 Å². The zero-order chi connectivity index (χ0) is 17.2. The maximum Gasteiger partial charge on any atom is 0.251 e. The summed E-state index contributed by atoms with van der Waals surface area (Å²) in [5.41, 5.74) is -0.334. The van der Waals surface area contributed by atoms with Crippen molar-refractivity contribution in [1.29, 1.82) is 0 Å². The van der Waals surface area contributed by atoms with Crippen LogP contribution >= 0.6 is 0 Å². The van der Waals surface area contributed by atoms with Crippen molar-refractivity contribution in [2.24, 2.45) is 0 Å². The Kier molecular flexibility index (Phi) is 4.62. The van der Waals surface area contributed by atoms with Crippen molar-refractivity contribution in [2.75, 3.05) is 24.6 Å². The van der Waals surface area contributed by atoms with Gasteiger partial charge in [0.25, 0.3) is 5.56 Å². The third-order valence-electron chi connectivity index (χ3n) is 4.31. The van der Waals surface area contributed by atoms with Crippen LogP contribution in [0.5, 0.6) is 0 Å². The number of aromatic amines is 1. The molecule has 1 fully saturated rings. The number of halogens is 1. The first kappa shape index (κ1) is 16.6. The molecule has 0 saturated carbocycles. The molecular formula is C17H21FN4O2. The highest BCUT2D eigenvalue weighted by atomic mass is 19.1. The zero-order valence-electron chi connectivity index (χ0n) is 13.6. The average Bonchev–Trinajstić information content (AvgIpc) is 2.61. The number of hydrogen-bond donors (Lipinski definition) is 2. The highest BCUT2D eigenvalue weighted by Crippen LogP contribution is 2.28. The lowest BCUT2D eigenvalue weighted by Gasteiger charge is -2.36. The van der Waals surface area contributed by atoms with E-state index in [-0.39, 0.29) is 12.1 Å². The molecule has 0 aliphatic carbocycles. The number of aliphatic hydroxyl groups excluding tert-OH is 1. The van der Waals surface area contributed by atoms with E-state index in [9.17, 15) is 14.3 Å². The van der Waals surface area contributed by atoms with Crippen LogP contribution in [-0.4, -0.2) is 45.4 Å². The van der Waals surface area contributed by atoms with Crippen molar-refractivity contribution in [3.05, 3.63) is 40.4 Å². The average molecular weight is 332 g/mol. The Balaban J connectivity index is 1.83. The normalized spacial score (nSPS) is 21.0. The number of nitrogens with zero attached hydrogens (tertiary/aromatic N) is 3. The third kappa shape index (κ3) is 3.46. The van der Waals surface area contributed by atoms with Crippen LogP contribution in [0.25, 0.3) is 11.4 Å². The number of hydrogen-bond acceptors (Lipinski definition) is 5. The van der Waals surface area contributed by atoms with Crippen LogP contribution in [0.4, 0.5) is 10.2 Å². The summed E-state index contributed by atoms with van der Waals surface area (Å²) in [5, 5.41) is 9.22. The van der Waals surface area contributed by atoms with E-state index in [0.29, 0.717) is 43.0 Å². The molecule has 1 aliphatic heterocycles. The first-order valence-electron chi connectivity index (χ1n) is 8.14. The van der Waals surface area contributed by atoms with Gasteiger partial charge >= 0.3 is 0 Å². The lowest BCUT2D eigenvalue weighted by atomic mass is 9.95. The van der Waals surface area contributed by atoms with Gasteiger partial charge in [-0.1, -0.05) is 6.92 Å². The highest BCUT2D eigenvalue weighted by molar-refractivity contribution is 5.56. The second-order valence-corrected chi connectivity index (χ2v) is 6.18. The number of nitrogens with one attached hydrogen (secondary N) is 1. The molecule has 2 N–H and O–H groups in total. The van der Waals surface area contributed by atoms with E-state index >= 15 is 0 Å². The van der Waals surface area contributed by atoms with Gasteiger partial charge in [-0.05, 0) is 31.4 Å². The Labute approximate surface area is 139 Å². The van der Waals surface area contributed by atoms with Gasteiger partial charge in [-0.3, -0.25) is 4.79 Å². The molecule has 0 bridgehead atoms. The standard InChI is InChI=1S/C17H21FN4O2/c1-2-13-8-15(24)21-16(20-13)12-4-5-14(19-9-12)22-7-3-6-17(18,10-22)11-23/h4-5,8-9,23H,2-3,6-7,10-11H2,1H3,(H,20,21,24). The van der Waals surface area contributed by atoms with E-state index in [4.69, 9.17) is 0 Å². The zero-order valence-corrected chi connectivity index (χ0v) is 13.6. The number of aryl methyl sites for hydroxylation is 1. The molecule has 1 saturated heterocycles. The van der Waals surface area contributed by atoms with Crippen molar-refractivity contribution in [3.8, 4) is 11.4 Å². The SMILES string of the molecule is CCc1cc(=O)[nH]c(-c2ccc(N3CCCC(F)(CO)C3)nc2)n1. The van der Waals surface area contributed by atoms with Gasteiger partial charge in [0.15, 0.2) is 5.67 Å². The molecule has 2 aromatic rings. The molecular weight excluding hydrogens is 311 g/mol. The Hall–Kier alpha value is -2.28. The quantitative estimate of drug-likeness (QED) is 0.890. The molecule has 24 heavy (non-hydrogen) atoms. The molecule has 0 radical (unpaired) electrons. The van der Waals surface area contributed by atoms with Crippen molar-refractivity contribution >= 4 is 5.82 Å². The summed E-state index contributed by atoms with van der Waals surface area (Å²) in [4.78, 5) is 25.0. The fourth-order valence-electron chi connectivity index (χ4n) is 2.95. The number of aliphatic hydroxyl groups is 1. The fraction of sp³-hybridized carbons (Fsp3) is 0.471. The lowest BCUT2D eigenvalue weighted by Crippen LogP contribution is -2.47. The summed E-state index contributed by atoms with van der Waals surface area (Å²) in [5.74, 6) is 1.13. The van der Waals surface area contributed by atoms with Crippen LogP contribution < -0.4 is 10.5 Å². The molecule has 1 atom stereocenters. The van der Waals surface area contributed by atoms with E-state index in [1.807, 2.05) is 17.9 Å². The molecule has 3 heterocycles. The van der Waals surface area contributed by atoms with E-state index in [0.717, 1.165) is 5.69 Å². The largest absolute Gasteiger partial charge is 0.393 e. The molecule has 0 amide bonds. The van der Waals surface area contributed by atoms with Crippen LogP contribution in [0.1, 0.15) is 25.5 Å². The second-order valence-electron chi connectivity index (χ2n) is 6.18. The molecule has 128 valence electrons. The van der Waals surface area contributed by atoms with Gasteiger partial charge in [0.05, 0.1) is 13.2 Å². The Morgan fingerprint density at radius 2 is 2.29 bits per heavy atom. The van der Waals surface area contributed by atoms with Gasteiger partial charge in [0, 0.05) is 30.1 Å². The number of anilines is 1. The molecule has 3 rings (SSSR count). The summed E-state index contributed by atoms with van der Waals surface area (Å²) >= 11 is 0. The number of alkyl halides is 1. The maximum absolute atomic E-state index is 14.3. The minimum atomic E-state index is -1.57. The van der Waals surface area contributed by atoms with Crippen molar-refractivity contribution in [2.45, 2.75) is 31.9 Å². The number of pyridine rings is 1. The van der Waals surface area contributed by atoms with Crippen molar-refractivity contribution in [3.63, 3.8) is 0 Å². The molecule has 1 aliphatic rings. The summed E-state index contributed by atoms with van der Waals surface area (Å²) < 4.78 is 14.3. The summed E-state index contributed by atoms with van der Waals surface area (Å²) in [6.45, 7) is 2.30. The van der Waals surface area contributed by atoms with Crippen molar-refractivity contribution in [1.82, 2.24) is 15.0 Å². The predicted molar refractivity (Wildman–Crippen MR) is 89.8 cm³/mol. The topological polar surface area (TPSA) is 82.1 Å². The van der Waals surface area contributed by atoms with Gasteiger partial charge in [-0.25, -0.2) is 14.4 Å². The minimum absolute atomic E-state index is 0.135. The van der Waals surface area contributed by atoms with Crippen LogP contribution in [0.15, 0.2) is 29.2 Å². The first-order chi connectivity index (χ1) is 11.5. The fourth-order valence-corrected chi connectivity index (χ4v) is 2.95. The van der Waals surface area contributed by atoms with Gasteiger partial charge in [0.2, 0.25) is 0 Å². The van der Waals surface area contributed by atoms with Gasteiger partial charge in [-0.2, -0.15) is 0 Å². The highest BCUT2D eigenvalue weighted by Gasteiger charge is 2.35. The van der Waals surface area contributed by atoms with Crippen LogP contribution in [-0.2, 0) is 6.42 Å². The number of H-pyrrole nitrogens is 1. The molecule has 1 unspecified atom stereocenters. The predicted octanol–water partition coefficient (Wildman–Crippen LogP) is 1.70. The van der Waals surface area contributed by atoms with Gasteiger partial charge in [0.1, 0.15) is 11.6 Å².